The van der Waals surface area contributed by atoms with Crippen LogP contribution in [0.25, 0.3) is 0 Å². The first-order chi connectivity index (χ1) is 10.7. The van der Waals surface area contributed by atoms with Crippen molar-refractivity contribution in [2.24, 2.45) is 0 Å². The van der Waals surface area contributed by atoms with E-state index in [9.17, 15) is 5.11 Å². The summed E-state index contributed by atoms with van der Waals surface area (Å²) in [5.41, 5.74) is 2.45. The second-order valence-electron chi connectivity index (χ2n) is 5.61. The van der Waals surface area contributed by atoms with E-state index < -0.39 is 0 Å². The summed E-state index contributed by atoms with van der Waals surface area (Å²) < 4.78 is 5.19. The molecule has 0 amide bonds. The summed E-state index contributed by atoms with van der Waals surface area (Å²) in [4.78, 5) is 4.80. The molecule has 115 valence electrons. The van der Waals surface area contributed by atoms with Crippen molar-refractivity contribution < 1.29 is 9.84 Å². The first-order valence-electron chi connectivity index (χ1n) is 7.62. The summed E-state index contributed by atoms with van der Waals surface area (Å²) in [6, 6.07) is 15.4. The molecule has 0 bridgehead atoms. The largest absolute Gasteiger partial charge is 0.497 e. The molecule has 1 heterocycles. The highest BCUT2D eigenvalue weighted by Crippen LogP contribution is 2.21. The van der Waals surface area contributed by atoms with Gasteiger partial charge >= 0.3 is 0 Å². The van der Waals surface area contributed by atoms with Gasteiger partial charge in [-0.15, -0.1) is 0 Å². The van der Waals surface area contributed by atoms with Gasteiger partial charge in [0.15, 0.2) is 5.75 Å². The Bertz CT molecular complexity index is 587. The number of hydrogen-bond acceptors (Lipinski definition) is 3. The molecule has 4 heteroatoms. The third-order valence-electron chi connectivity index (χ3n) is 4.14. The van der Waals surface area contributed by atoms with Crippen LogP contribution in [0.15, 0.2) is 48.5 Å². The van der Waals surface area contributed by atoms with Crippen molar-refractivity contribution in [3.05, 3.63) is 54.1 Å². The molecular weight excluding hydrogens is 276 g/mol. The highest BCUT2D eigenvalue weighted by Gasteiger charge is 2.17. The second kappa shape index (κ2) is 6.71. The molecule has 3 rings (SSSR count). The van der Waals surface area contributed by atoms with Crippen molar-refractivity contribution in [1.29, 1.82) is 0 Å². The van der Waals surface area contributed by atoms with Crippen LogP contribution in [0.4, 0.5) is 5.69 Å². The quantitative estimate of drug-likeness (QED) is 0.869. The lowest BCUT2D eigenvalue weighted by atomic mass is 10.2. The minimum atomic E-state index is 0.0712. The smallest absolute Gasteiger partial charge is 0.178 e. The molecule has 1 radical (unpaired) electrons. The highest BCUT2D eigenvalue weighted by molar-refractivity contribution is 5.49. The predicted molar refractivity (Wildman–Crippen MR) is 87.1 cm³/mol. The maximum Gasteiger partial charge on any atom is 0.178 e. The predicted octanol–water partition coefficient (Wildman–Crippen LogP) is 3.16. The molecule has 1 aliphatic rings. The molecule has 1 fully saturated rings. The van der Waals surface area contributed by atoms with Crippen molar-refractivity contribution in [1.82, 2.24) is 4.90 Å². The molecular formula is C18H21N2O2. The molecule has 0 N–H and O–H groups in total. The van der Waals surface area contributed by atoms with E-state index in [0.29, 0.717) is 0 Å². The fourth-order valence-electron chi connectivity index (χ4n) is 2.81. The number of methoxy groups -OCH3 is 1. The van der Waals surface area contributed by atoms with E-state index >= 15 is 0 Å². The fraction of sp³-hybridized carbons (Fsp3) is 0.333. The molecule has 1 aliphatic heterocycles. The number of rotatable bonds is 4. The number of nitrogens with zero attached hydrogens (tertiary/aromatic N) is 2. The van der Waals surface area contributed by atoms with Gasteiger partial charge in [0.05, 0.1) is 7.11 Å². The van der Waals surface area contributed by atoms with Crippen LogP contribution in [0.2, 0.25) is 0 Å². The molecule has 2 aromatic rings. The summed E-state index contributed by atoms with van der Waals surface area (Å²) in [5, 5.41) is 11.2. The van der Waals surface area contributed by atoms with Crippen LogP contribution in [-0.2, 0) is 11.7 Å². The topological polar surface area (TPSA) is 35.6 Å². The normalized spacial score (nSPS) is 15.8. The molecule has 0 spiro atoms. The van der Waals surface area contributed by atoms with Gasteiger partial charge in [0.2, 0.25) is 0 Å². The van der Waals surface area contributed by atoms with Crippen molar-refractivity contribution in [3.63, 3.8) is 0 Å². The van der Waals surface area contributed by atoms with Gasteiger partial charge in [0, 0.05) is 38.4 Å². The summed E-state index contributed by atoms with van der Waals surface area (Å²) >= 11 is 0. The average Bonchev–Trinajstić information content (AvgIpc) is 2.57. The van der Waals surface area contributed by atoms with E-state index in [2.05, 4.69) is 21.9 Å². The van der Waals surface area contributed by atoms with Crippen molar-refractivity contribution >= 4 is 5.69 Å². The van der Waals surface area contributed by atoms with Crippen LogP contribution in [-0.4, -0.2) is 38.2 Å². The summed E-state index contributed by atoms with van der Waals surface area (Å²) in [7, 11) is 1.69. The van der Waals surface area contributed by atoms with Crippen LogP contribution in [0, 0.1) is 0 Å². The van der Waals surface area contributed by atoms with Gasteiger partial charge in [-0.3, -0.25) is 10.0 Å². The average molecular weight is 297 g/mol. The van der Waals surface area contributed by atoms with E-state index in [-0.39, 0.29) is 5.75 Å². The second-order valence-corrected chi connectivity index (χ2v) is 5.61. The lowest BCUT2D eigenvalue weighted by molar-refractivity contribution is 0.250. The Morgan fingerprint density at radius 2 is 1.55 bits per heavy atom. The van der Waals surface area contributed by atoms with Gasteiger partial charge < -0.3 is 9.64 Å². The zero-order valence-electron chi connectivity index (χ0n) is 12.9. The molecule has 0 atom stereocenters. The minimum absolute atomic E-state index is 0.0712. The minimum Gasteiger partial charge on any atom is -0.497 e. The van der Waals surface area contributed by atoms with Gasteiger partial charge in [-0.05, 0) is 42.0 Å². The van der Waals surface area contributed by atoms with E-state index in [1.807, 2.05) is 24.3 Å². The first kappa shape index (κ1) is 14.7. The van der Waals surface area contributed by atoms with E-state index in [4.69, 9.17) is 4.74 Å². The first-order valence-corrected chi connectivity index (χ1v) is 7.62. The van der Waals surface area contributed by atoms with Crippen molar-refractivity contribution in [2.75, 3.05) is 38.2 Å². The van der Waals surface area contributed by atoms with Crippen LogP contribution < -0.4 is 9.64 Å². The Kier molecular flexibility index (Phi) is 4.49. The highest BCUT2D eigenvalue weighted by atomic mass is 16.5. The third kappa shape index (κ3) is 3.52. The number of hydrogen-bond donors (Lipinski definition) is 0. The SMILES string of the molecule is COc1ccc(CN2CCN(c3ccc([O])cc3)CC2)cc1. The maximum absolute atomic E-state index is 11.2. The van der Waals surface area contributed by atoms with Gasteiger partial charge in [-0.25, -0.2) is 0 Å². The number of benzene rings is 2. The molecule has 22 heavy (non-hydrogen) atoms. The zero-order chi connectivity index (χ0) is 15.4. The Balaban J connectivity index is 1.53. The summed E-state index contributed by atoms with van der Waals surface area (Å²) in [6.45, 7) is 5.02. The molecule has 0 aromatic heterocycles. The van der Waals surface area contributed by atoms with E-state index in [0.717, 1.165) is 44.2 Å². The third-order valence-corrected chi connectivity index (χ3v) is 4.14. The van der Waals surface area contributed by atoms with E-state index in [1.165, 1.54) is 5.56 Å². The van der Waals surface area contributed by atoms with Gasteiger partial charge in [-0.1, -0.05) is 12.1 Å². The Hall–Kier alpha value is -2.20. The fourth-order valence-corrected chi connectivity index (χ4v) is 2.81. The van der Waals surface area contributed by atoms with Crippen LogP contribution in [0.1, 0.15) is 5.56 Å². The standard InChI is InChI=1S/C18H21N2O2/c1-22-18-8-2-15(3-9-18)14-19-10-12-20(13-11-19)16-4-6-17(21)7-5-16/h2-9H,10-14H2,1H3. The monoisotopic (exact) mass is 297 g/mol. The van der Waals surface area contributed by atoms with Crippen LogP contribution >= 0.6 is 0 Å². The lowest BCUT2D eigenvalue weighted by Crippen LogP contribution is -2.45. The van der Waals surface area contributed by atoms with E-state index in [1.54, 1.807) is 19.2 Å². The Morgan fingerprint density at radius 3 is 2.14 bits per heavy atom. The van der Waals surface area contributed by atoms with Gasteiger partial charge in [0.25, 0.3) is 0 Å². The molecule has 0 unspecified atom stereocenters. The number of ether oxygens (including phenoxy) is 1. The molecule has 0 aliphatic carbocycles. The number of anilines is 1. The molecule has 1 saturated heterocycles. The van der Waals surface area contributed by atoms with Crippen molar-refractivity contribution in [3.8, 4) is 11.5 Å². The molecule has 2 aromatic carbocycles. The summed E-state index contributed by atoms with van der Waals surface area (Å²) in [5.74, 6) is 0.970. The van der Waals surface area contributed by atoms with Crippen LogP contribution in [0.5, 0.6) is 11.5 Å². The van der Waals surface area contributed by atoms with Gasteiger partial charge in [-0.2, -0.15) is 0 Å². The van der Waals surface area contributed by atoms with Gasteiger partial charge in [0.1, 0.15) is 5.75 Å². The number of piperazine rings is 1. The van der Waals surface area contributed by atoms with Crippen molar-refractivity contribution in [2.45, 2.75) is 6.54 Å². The maximum atomic E-state index is 11.2. The molecule has 4 nitrogen and oxygen atoms in total. The van der Waals surface area contributed by atoms with Crippen LogP contribution in [0.3, 0.4) is 0 Å². The summed E-state index contributed by atoms with van der Waals surface area (Å²) in [6.07, 6.45) is 0. The Labute approximate surface area is 131 Å². The molecule has 0 saturated carbocycles. The Morgan fingerprint density at radius 1 is 0.909 bits per heavy atom. The lowest BCUT2D eigenvalue weighted by Gasteiger charge is -2.36. The zero-order valence-corrected chi connectivity index (χ0v) is 12.9.